The average molecular weight is 565 g/mol. The summed E-state index contributed by atoms with van der Waals surface area (Å²) in [5, 5.41) is 0. The fourth-order valence-electron chi connectivity index (χ4n) is 7.59. The van der Waals surface area contributed by atoms with E-state index in [1.807, 2.05) is 33.4 Å². The molecule has 0 atom stereocenters. The maximum absolute atomic E-state index is 3.47. The van der Waals surface area contributed by atoms with Crippen molar-refractivity contribution >= 4 is 0 Å². The van der Waals surface area contributed by atoms with E-state index in [4.69, 9.17) is 0 Å². The van der Waals surface area contributed by atoms with Crippen LogP contribution in [0.2, 0.25) is 0 Å². The van der Waals surface area contributed by atoms with Crippen molar-refractivity contribution in [1.82, 2.24) is 0 Å². The lowest BCUT2D eigenvalue weighted by Crippen LogP contribution is -2.15. The van der Waals surface area contributed by atoms with Gasteiger partial charge in [0.15, 0.2) is 0 Å². The lowest BCUT2D eigenvalue weighted by molar-refractivity contribution is 0.624. The van der Waals surface area contributed by atoms with E-state index in [-0.39, 0.29) is 0 Å². The summed E-state index contributed by atoms with van der Waals surface area (Å²) in [6, 6.07) is 0. The van der Waals surface area contributed by atoms with E-state index in [2.05, 4.69) is 35.5 Å². The van der Waals surface area contributed by atoms with Gasteiger partial charge in [0, 0.05) is 38.5 Å². The summed E-state index contributed by atoms with van der Waals surface area (Å²) in [6.07, 6.45) is 38.1. The van der Waals surface area contributed by atoms with Crippen molar-refractivity contribution in [2.45, 2.75) is 193 Å². The zero-order valence-corrected chi connectivity index (χ0v) is 27.2. The molecule has 0 radical (unpaired) electrons. The molecule has 3 aliphatic carbocycles. The predicted octanol–water partition coefficient (Wildman–Crippen LogP) is 11.4. The molecule has 0 heterocycles. The molecule has 0 N–H and O–H groups in total. The van der Waals surface area contributed by atoms with E-state index in [9.17, 15) is 0 Å². The molecule has 42 heavy (non-hydrogen) atoms. The van der Waals surface area contributed by atoms with Crippen molar-refractivity contribution in [3.63, 3.8) is 0 Å². The third-order valence-electron chi connectivity index (χ3n) is 9.93. The third-order valence-corrected chi connectivity index (χ3v) is 9.93. The van der Waals surface area contributed by atoms with Crippen LogP contribution < -0.4 is 0 Å². The van der Waals surface area contributed by atoms with Gasteiger partial charge in [-0.3, -0.25) is 0 Å². The first-order chi connectivity index (χ1) is 20.9. The largest absolute Gasteiger partial charge is 0.103 e. The van der Waals surface area contributed by atoms with Gasteiger partial charge >= 0.3 is 0 Å². The van der Waals surface area contributed by atoms with Gasteiger partial charge in [-0.15, -0.1) is 35.5 Å². The summed E-state index contributed by atoms with van der Waals surface area (Å²) in [6.45, 7) is 0. The number of fused-ring (bicyclic) bond motifs is 6. The molecule has 0 heteroatoms. The number of rotatable bonds is 0. The molecule has 0 aromatic heterocycles. The van der Waals surface area contributed by atoms with E-state index in [1.54, 1.807) is 0 Å². The molecule has 1 aromatic carbocycles. The highest BCUT2D eigenvalue weighted by atomic mass is 14.3. The van der Waals surface area contributed by atoms with Gasteiger partial charge < -0.3 is 0 Å². The standard InChI is InChI=1S/C42H60/c1-2-8-14-20-26-32-38-37(31-25-19-13-7-1)39-33-27-21-15-9-3-4-11-17-23-29-35-41(39)42-36-30-24-18-12-6-5-10-16-22-28-34-40(38)42/h7-36H2. The highest BCUT2D eigenvalue weighted by molar-refractivity contribution is 5.53. The molecule has 0 saturated heterocycles. The van der Waals surface area contributed by atoms with Gasteiger partial charge in [0.1, 0.15) is 0 Å². The first-order valence-electron chi connectivity index (χ1n) is 18.5. The Kier molecular flexibility index (Phi) is 16.2. The molecule has 0 unspecified atom stereocenters. The molecular weight excluding hydrogens is 504 g/mol. The van der Waals surface area contributed by atoms with Crippen LogP contribution in [0, 0.1) is 35.5 Å². The first-order valence-corrected chi connectivity index (χ1v) is 18.5. The molecule has 3 aliphatic rings. The molecular formula is C42H60. The Hall–Kier alpha value is -2.10. The molecule has 4 rings (SSSR count). The van der Waals surface area contributed by atoms with Crippen LogP contribution in [-0.4, -0.2) is 0 Å². The normalized spacial score (nSPS) is 20.9. The van der Waals surface area contributed by atoms with E-state index in [0.717, 1.165) is 38.5 Å². The Bertz CT molecular complexity index is 871. The molecule has 0 aliphatic heterocycles. The van der Waals surface area contributed by atoms with E-state index in [1.165, 1.54) is 154 Å². The Labute approximate surface area is 261 Å². The fourth-order valence-corrected chi connectivity index (χ4v) is 7.59. The Morgan fingerprint density at radius 3 is 0.524 bits per heavy atom. The predicted molar refractivity (Wildman–Crippen MR) is 183 cm³/mol. The second-order valence-electron chi connectivity index (χ2n) is 13.3. The molecule has 0 amide bonds. The van der Waals surface area contributed by atoms with Crippen molar-refractivity contribution in [3.8, 4) is 35.5 Å². The SMILES string of the molecule is C1#CCCCCCc2c(c3c(c4c2CCCCCC#CCCCCC4)CCCCCC#CCCCCC3)CCCCC1. The second-order valence-corrected chi connectivity index (χ2v) is 13.3. The monoisotopic (exact) mass is 564 g/mol. The molecule has 0 fully saturated rings. The van der Waals surface area contributed by atoms with Crippen molar-refractivity contribution < 1.29 is 0 Å². The van der Waals surface area contributed by atoms with Crippen LogP contribution in [0.5, 0.6) is 0 Å². The Morgan fingerprint density at radius 1 is 0.190 bits per heavy atom. The smallest absolute Gasteiger partial charge is 0.00886 e. The zero-order valence-electron chi connectivity index (χ0n) is 27.2. The van der Waals surface area contributed by atoms with E-state index >= 15 is 0 Å². The summed E-state index contributed by atoms with van der Waals surface area (Å²) in [5.41, 5.74) is 11.0. The minimum Gasteiger partial charge on any atom is -0.103 e. The van der Waals surface area contributed by atoms with Crippen LogP contribution in [0.25, 0.3) is 0 Å². The van der Waals surface area contributed by atoms with Crippen molar-refractivity contribution in [2.24, 2.45) is 0 Å². The van der Waals surface area contributed by atoms with Crippen LogP contribution in [0.3, 0.4) is 0 Å². The zero-order chi connectivity index (χ0) is 28.9. The Morgan fingerprint density at radius 2 is 0.357 bits per heavy atom. The maximum atomic E-state index is 3.47. The van der Waals surface area contributed by atoms with Crippen LogP contribution in [0.4, 0.5) is 0 Å². The number of hydrogen-bond donors (Lipinski definition) is 0. The van der Waals surface area contributed by atoms with Gasteiger partial charge in [0.05, 0.1) is 0 Å². The molecule has 0 bridgehead atoms. The minimum atomic E-state index is 1.10. The van der Waals surface area contributed by atoms with Crippen LogP contribution in [-0.2, 0) is 38.5 Å². The topological polar surface area (TPSA) is 0 Å². The summed E-state index contributed by atoms with van der Waals surface area (Å²) in [4.78, 5) is 0. The van der Waals surface area contributed by atoms with E-state index in [0.29, 0.717) is 0 Å². The molecule has 0 spiro atoms. The lowest BCUT2D eigenvalue weighted by Gasteiger charge is -2.28. The van der Waals surface area contributed by atoms with Crippen LogP contribution >= 0.6 is 0 Å². The van der Waals surface area contributed by atoms with Crippen LogP contribution in [0.1, 0.15) is 187 Å². The van der Waals surface area contributed by atoms with Gasteiger partial charge in [0.2, 0.25) is 0 Å². The van der Waals surface area contributed by atoms with Gasteiger partial charge in [-0.05, 0) is 149 Å². The summed E-state index contributed by atoms with van der Waals surface area (Å²) in [7, 11) is 0. The lowest BCUT2D eigenvalue weighted by atomic mass is 9.77. The quantitative estimate of drug-likeness (QED) is 0.275. The molecule has 0 nitrogen and oxygen atoms in total. The van der Waals surface area contributed by atoms with Crippen molar-refractivity contribution in [3.05, 3.63) is 33.4 Å². The summed E-state index contributed by atoms with van der Waals surface area (Å²) in [5.74, 6) is 20.8. The molecule has 1 aromatic rings. The van der Waals surface area contributed by atoms with Gasteiger partial charge in [-0.2, -0.15) is 0 Å². The van der Waals surface area contributed by atoms with Gasteiger partial charge in [0.25, 0.3) is 0 Å². The first kappa shape index (κ1) is 32.8. The van der Waals surface area contributed by atoms with Crippen molar-refractivity contribution in [2.75, 3.05) is 0 Å². The summed E-state index contributed by atoms with van der Waals surface area (Å²) >= 11 is 0. The van der Waals surface area contributed by atoms with Gasteiger partial charge in [-0.1, -0.05) is 38.5 Å². The number of hydrogen-bond acceptors (Lipinski definition) is 0. The van der Waals surface area contributed by atoms with Crippen LogP contribution in [0.15, 0.2) is 0 Å². The Balaban J connectivity index is 1.75. The minimum absolute atomic E-state index is 1.10. The molecule has 228 valence electrons. The highest BCUT2D eigenvalue weighted by Gasteiger charge is 2.23. The fraction of sp³-hybridized carbons (Fsp3) is 0.714. The maximum Gasteiger partial charge on any atom is 0.00886 e. The average Bonchev–Trinajstić information content (AvgIpc) is 3.00. The highest BCUT2D eigenvalue weighted by Crippen LogP contribution is 2.36. The second kappa shape index (κ2) is 20.7. The van der Waals surface area contributed by atoms with E-state index < -0.39 is 0 Å². The van der Waals surface area contributed by atoms with Crippen molar-refractivity contribution in [1.29, 1.82) is 0 Å². The summed E-state index contributed by atoms with van der Waals surface area (Å²) < 4.78 is 0. The third kappa shape index (κ3) is 11.5. The number of benzene rings is 1. The molecule has 0 saturated carbocycles. The van der Waals surface area contributed by atoms with Gasteiger partial charge in [-0.25, -0.2) is 0 Å².